The second-order valence-corrected chi connectivity index (χ2v) is 13.2. The smallest absolute Gasteiger partial charge is 0.247 e. The van der Waals surface area contributed by atoms with Gasteiger partial charge in [-0.15, -0.1) is 9.24 Å². The molecule has 3 heteroatoms. The van der Waals surface area contributed by atoms with Gasteiger partial charge in [0.2, 0.25) is 5.56 Å². The molecule has 1 heterocycles. The second kappa shape index (κ2) is 31.3. The Morgan fingerprint density at radius 2 is 0.875 bits per heavy atom. The highest BCUT2D eigenvalue weighted by atomic mass is 31.0. The van der Waals surface area contributed by atoms with E-state index in [1.807, 2.05) is 0 Å². The van der Waals surface area contributed by atoms with E-state index in [1.165, 1.54) is 186 Å². The van der Waals surface area contributed by atoms with Gasteiger partial charge >= 0.3 is 0 Å². The number of aromatic amines is 1. The van der Waals surface area contributed by atoms with E-state index in [-0.39, 0.29) is 5.56 Å². The van der Waals surface area contributed by atoms with E-state index in [2.05, 4.69) is 35.0 Å². The van der Waals surface area contributed by atoms with Crippen LogP contribution >= 0.6 is 9.24 Å². The first-order valence-electron chi connectivity index (χ1n) is 18.0. The fraction of sp³-hybridized carbons (Fsp3) is 0.865. The van der Waals surface area contributed by atoms with E-state index in [0.717, 1.165) is 0 Å². The summed E-state index contributed by atoms with van der Waals surface area (Å²) in [5.74, 6) is 0. The zero-order chi connectivity index (χ0) is 29.4. The molecule has 0 saturated carbocycles. The molecule has 1 rings (SSSR count). The summed E-state index contributed by atoms with van der Waals surface area (Å²) in [7, 11) is 2.86. The van der Waals surface area contributed by atoms with Crippen molar-refractivity contribution >= 4 is 9.24 Å². The fourth-order valence-corrected chi connectivity index (χ4v) is 6.43. The van der Waals surface area contributed by atoms with Gasteiger partial charge in [-0.25, -0.2) is 0 Å². The molecule has 0 radical (unpaired) electrons. The molecule has 1 aromatic heterocycles. The Morgan fingerprint density at radius 1 is 0.525 bits per heavy atom. The topological polar surface area (TPSA) is 32.9 Å². The minimum atomic E-state index is -0.0532. The van der Waals surface area contributed by atoms with Crippen molar-refractivity contribution in [3.8, 4) is 0 Å². The molecule has 1 aromatic rings. The van der Waals surface area contributed by atoms with Gasteiger partial charge in [-0.3, -0.25) is 4.79 Å². The molecule has 2 nitrogen and oxygen atoms in total. The third kappa shape index (κ3) is 26.3. The summed E-state index contributed by atoms with van der Waals surface area (Å²) in [5.41, 5.74) is 0.633. The van der Waals surface area contributed by atoms with E-state index in [0.29, 0.717) is 5.41 Å². The molecule has 0 aliphatic rings. The molecule has 0 aliphatic heterocycles. The summed E-state index contributed by atoms with van der Waals surface area (Å²) < 4.78 is 0. The number of H-pyrrole nitrogens is 1. The van der Waals surface area contributed by atoms with Gasteiger partial charge in [-0.05, 0) is 49.7 Å². The van der Waals surface area contributed by atoms with Gasteiger partial charge in [0.25, 0.3) is 0 Å². The number of hydrogen-bond acceptors (Lipinski definition) is 1. The van der Waals surface area contributed by atoms with Gasteiger partial charge < -0.3 is 4.98 Å². The first-order chi connectivity index (χ1) is 19.6. The van der Waals surface area contributed by atoms with Crippen LogP contribution < -0.4 is 5.56 Å². The summed E-state index contributed by atoms with van der Waals surface area (Å²) >= 11 is 0. The van der Waals surface area contributed by atoms with E-state index in [4.69, 9.17) is 0 Å². The van der Waals surface area contributed by atoms with Crippen molar-refractivity contribution < 1.29 is 0 Å². The molecule has 0 fully saturated rings. The molecule has 1 N–H and O–H groups in total. The highest BCUT2D eigenvalue weighted by Crippen LogP contribution is 2.42. The quantitative estimate of drug-likeness (QED) is 0.0779. The van der Waals surface area contributed by atoms with Gasteiger partial charge in [-0.2, -0.15) is 0 Å². The van der Waals surface area contributed by atoms with Crippen LogP contribution in [0.25, 0.3) is 0 Å². The summed E-state index contributed by atoms with van der Waals surface area (Å²) in [6.45, 7) is 7.07. The number of hydrogen-bond donors (Lipinski definition) is 1. The van der Waals surface area contributed by atoms with E-state index < -0.39 is 0 Å². The van der Waals surface area contributed by atoms with Crippen LogP contribution in [0, 0.1) is 5.41 Å². The van der Waals surface area contributed by atoms with Crippen LogP contribution in [0.3, 0.4) is 0 Å². The van der Waals surface area contributed by atoms with Crippen LogP contribution in [0.15, 0.2) is 29.2 Å². The summed E-state index contributed by atoms with van der Waals surface area (Å²) in [6.07, 6.45) is 42.6. The van der Waals surface area contributed by atoms with Crippen LogP contribution in [-0.4, -0.2) is 11.1 Å². The lowest BCUT2D eigenvalue weighted by atomic mass is 9.70. The summed E-state index contributed by atoms with van der Waals surface area (Å²) in [5, 5.41) is 0. The molecular formula is C37H72NOP. The highest BCUT2D eigenvalue weighted by molar-refractivity contribution is 7.16. The van der Waals surface area contributed by atoms with Crippen molar-refractivity contribution in [3.05, 3.63) is 34.7 Å². The molecule has 0 amide bonds. The first kappa shape index (κ1) is 39.4. The lowest BCUT2D eigenvalue weighted by Crippen LogP contribution is -2.21. The number of unbranched alkanes of at least 4 members (excludes halogenated alkanes) is 19. The predicted octanol–water partition coefficient (Wildman–Crippen LogP) is 12.8. The largest absolute Gasteiger partial charge is 0.329 e. The second-order valence-electron chi connectivity index (χ2n) is 12.6. The molecule has 1 atom stereocenters. The van der Waals surface area contributed by atoms with Crippen LogP contribution in [0.1, 0.15) is 194 Å². The molecule has 0 spiro atoms. The minimum Gasteiger partial charge on any atom is -0.329 e. The Kier molecular flexibility index (Phi) is 30.8. The average Bonchev–Trinajstić information content (AvgIpc) is 2.97. The van der Waals surface area contributed by atoms with Crippen LogP contribution in [0.2, 0.25) is 0 Å². The molecule has 40 heavy (non-hydrogen) atoms. The van der Waals surface area contributed by atoms with Gasteiger partial charge in [0, 0.05) is 12.3 Å². The van der Waals surface area contributed by atoms with Crippen molar-refractivity contribution in [2.24, 2.45) is 5.41 Å². The maximum atomic E-state index is 10.2. The number of aromatic nitrogens is 1. The molecule has 0 aliphatic carbocycles. The van der Waals surface area contributed by atoms with Crippen molar-refractivity contribution in [3.63, 3.8) is 0 Å². The Bertz CT molecular complexity index is 609. The van der Waals surface area contributed by atoms with E-state index in [1.54, 1.807) is 18.3 Å². The minimum absolute atomic E-state index is 0.0532. The maximum Gasteiger partial charge on any atom is 0.247 e. The van der Waals surface area contributed by atoms with Crippen LogP contribution in [-0.2, 0) is 0 Å². The van der Waals surface area contributed by atoms with Crippen molar-refractivity contribution in [1.29, 1.82) is 0 Å². The Balaban J connectivity index is 0.00000187. The van der Waals surface area contributed by atoms with Gasteiger partial charge in [-0.1, -0.05) is 168 Å². The van der Waals surface area contributed by atoms with Crippen LogP contribution in [0.4, 0.5) is 0 Å². The third-order valence-corrected chi connectivity index (χ3v) is 9.18. The van der Waals surface area contributed by atoms with Crippen molar-refractivity contribution in [2.75, 3.05) is 6.16 Å². The van der Waals surface area contributed by atoms with Gasteiger partial charge in [0.15, 0.2) is 0 Å². The van der Waals surface area contributed by atoms with Gasteiger partial charge in [0.1, 0.15) is 0 Å². The van der Waals surface area contributed by atoms with Crippen LogP contribution in [0.5, 0.6) is 0 Å². The van der Waals surface area contributed by atoms with Gasteiger partial charge in [0.05, 0.1) is 0 Å². The lowest BCUT2D eigenvalue weighted by Gasteiger charge is -2.35. The van der Waals surface area contributed by atoms with Crippen molar-refractivity contribution in [2.45, 2.75) is 194 Å². The monoisotopic (exact) mass is 578 g/mol. The normalized spacial score (nSPS) is 11.4. The highest BCUT2D eigenvalue weighted by Gasteiger charge is 2.28. The average molecular weight is 578 g/mol. The Hall–Kier alpha value is -0.620. The SMILES string of the molecule is CCCCCCC(CCCCCC)(CCCCCC)CCCCCCCCCCCCCP.O=c1cccc[nH]1. The Morgan fingerprint density at radius 3 is 1.15 bits per heavy atom. The number of rotatable bonds is 28. The molecule has 0 saturated heterocycles. The number of pyridine rings is 1. The predicted molar refractivity (Wildman–Crippen MR) is 186 cm³/mol. The molecule has 0 aromatic carbocycles. The van der Waals surface area contributed by atoms with E-state index >= 15 is 0 Å². The lowest BCUT2D eigenvalue weighted by molar-refractivity contribution is 0.172. The summed E-state index contributed by atoms with van der Waals surface area (Å²) in [6, 6.07) is 4.93. The fourth-order valence-electron chi connectivity index (χ4n) is 6.14. The zero-order valence-electron chi connectivity index (χ0n) is 27.6. The summed E-state index contributed by atoms with van der Waals surface area (Å²) in [4.78, 5) is 12.7. The number of nitrogens with one attached hydrogen (secondary N) is 1. The van der Waals surface area contributed by atoms with E-state index in [9.17, 15) is 4.79 Å². The molecule has 0 bridgehead atoms. The third-order valence-electron chi connectivity index (χ3n) is 8.77. The van der Waals surface area contributed by atoms with Crippen molar-refractivity contribution in [1.82, 2.24) is 4.98 Å². The zero-order valence-corrected chi connectivity index (χ0v) is 28.7. The molecule has 236 valence electrons. The maximum absolute atomic E-state index is 10.2. The Labute approximate surface area is 254 Å². The standard InChI is InChI=1S/C32H67P.C5H5NO/c1-4-7-10-22-27-32(28-23-11-8-5-2,29-24-12-9-6-3)30-25-20-18-16-14-13-15-17-19-21-26-31-33;7-5-3-1-2-4-6-5/h4-31,33H2,1-3H3;1-4H,(H,6,7). The molecule has 1 unspecified atom stereocenters. The first-order valence-corrected chi connectivity index (χ1v) is 18.8. The molecular weight excluding hydrogens is 505 g/mol.